The van der Waals surface area contributed by atoms with Gasteiger partial charge in [-0.3, -0.25) is 13.8 Å². The van der Waals surface area contributed by atoms with Crippen molar-refractivity contribution in [2.75, 3.05) is 39.3 Å². The largest absolute Gasteiger partial charge is 0.465 e. The predicted octanol–water partition coefficient (Wildman–Crippen LogP) is 6.08. The van der Waals surface area contributed by atoms with E-state index in [1.165, 1.54) is 18.0 Å². The van der Waals surface area contributed by atoms with Crippen LogP contribution >= 0.6 is 7.75 Å². The number of terminal acetylenes is 1. The van der Waals surface area contributed by atoms with Crippen LogP contribution in [-0.2, 0) is 50.4 Å². The number of methoxy groups -OCH3 is 1. The normalized spacial score (nSPS) is 14.7. The van der Waals surface area contributed by atoms with E-state index in [1.54, 1.807) is 24.3 Å². The third-order valence-electron chi connectivity index (χ3n) is 9.17. The van der Waals surface area contributed by atoms with Gasteiger partial charge in [-0.2, -0.15) is 14.4 Å². The second-order valence-corrected chi connectivity index (χ2v) is 15.3. The number of imidazole rings is 1. The van der Waals surface area contributed by atoms with Crippen LogP contribution in [0.25, 0.3) is 11.2 Å². The molecule has 0 saturated carbocycles. The van der Waals surface area contributed by atoms with E-state index in [4.69, 9.17) is 35.4 Å². The van der Waals surface area contributed by atoms with E-state index < -0.39 is 56.7 Å². The molecule has 3 rings (SSSR count). The maximum absolute atomic E-state index is 14.6. The molecule has 310 valence electrons. The number of ether oxygens (including phenoxy) is 3. The number of hydrogen-bond acceptors (Lipinski definition) is 13. The number of aliphatic hydroxyl groups is 1. The van der Waals surface area contributed by atoms with Gasteiger partial charge in [-0.1, -0.05) is 114 Å². The first kappa shape index (κ1) is 46.4. The molecule has 4 N–H and O–H groups in total. The summed E-state index contributed by atoms with van der Waals surface area (Å²) < 4.78 is 57.8. The molecular weight excluding hydrogens is 746 g/mol. The Bertz CT molecular complexity index is 1730. The van der Waals surface area contributed by atoms with E-state index in [-0.39, 0.29) is 43.2 Å². The average molecular weight is 805 g/mol. The number of fused-ring (bicyclic) bond motifs is 1. The van der Waals surface area contributed by atoms with Crippen LogP contribution in [0.2, 0.25) is 0 Å². The molecule has 0 bridgehead atoms. The number of nitrogens with zero attached hydrogens (tertiary/aromatic N) is 4. The number of halogens is 1. The molecule has 1 aromatic carbocycles. The first-order chi connectivity index (χ1) is 27.0. The number of carbonyl (C=O) groups excluding carboxylic acids is 2. The summed E-state index contributed by atoms with van der Waals surface area (Å²) in [5, 5.41) is 14.1. The molecule has 17 heteroatoms. The van der Waals surface area contributed by atoms with Crippen LogP contribution in [0.5, 0.6) is 0 Å². The van der Waals surface area contributed by atoms with Crippen molar-refractivity contribution in [2.24, 2.45) is 0 Å². The van der Waals surface area contributed by atoms with Gasteiger partial charge < -0.3 is 29.6 Å². The highest BCUT2D eigenvalue weighted by Gasteiger charge is 2.42. The summed E-state index contributed by atoms with van der Waals surface area (Å²) in [7, 11) is -3.46. The second kappa shape index (κ2) is 24.6. The number of esters is 2. The summed E-state index contributed by atoms with van der Waals surface area (Å²) in [6.07, 6.45) is 16.3. The van der Waals surface area contributed by atoms with Crippen molar-refractivity contribution in [1.82, 2.24) is 24.6 Å². The number of nitrogens with one attached hydrogen (secondary N) is 1. The Hall–Kier alpha value is -3.97. The minimum atomic E-state index is -4.66. The number of anilines is 1. The number of rotatable bonds is 29. The monoisotopic (exact) mass is 804 g/mol. The van der Waals surface area contributed by atoms with Gasteiger partial charge in [0.15, 0.2) is 23.7 Å². The minimum absolute atomic E-state index is 0.0182. The molecule has 2 aromatic heterocycles. The number of nitrogens with two attached hydrogens (primary N) is 1. The van der Waals surface area contributed by atoms with Crippen LogP contribution in [0.15, 0.2) is 36.7 Å². The third kappa shape index (κ3) is 15.2. The van der Waals surface area contributed by atoms with Crippen LogP contribution in [0.1, 0.15) is 96.5 Å². The highest BCUT2D eigenvalue weighted by Crippen LogP contribution is 2.46. The highest BCUT2D eigenvalue weighted by atomic mass is 31.2. The van der Waals surface area contributed by atoms with E-state index >= 15 is 0 Å². The molecule has 0 saturated heterocycles. The molecule has 0 aliphatic carbocycles. The Labute approximate surface area is 329 Å². The van der Waals surface area contributed by atoms with E-state index in [0.29, 0.717) is 18.4 Å². The summed E-state index contributed by atoms with van der Waals surface area (Å²) in [5.41, 5.74) is 4.57. The van der Waals surface area contributed by atoms with Crippen LogP contribution in [0.4, 0.5) is 10.2 Å². The molecule has 0 fully saturated rings. The smallest absolute Gasteiger partial charge is 0.406 e. The third-order valence-corrected chi connectivity index (χ3v) is 10.7. The predicted molar refractivity (Wildman–Crippen MR) is 210 cm³/mol. The molecule has 1 unspecified atom stereocenters. The average Bonchev–Trinajstić information content (AvgIpc) is 3.59. The zero-order chi connectivity index (χ0) is 40.8. The van der Waals surface area contributed by atoms with E-state index in [1.807, 2.05) is 6.07 Å². The Morgan fingerprint density at radius 2 is 1.61 bits per heavy atom. The number of benzene rings is 1. The fraction of sp³-hybridized carbons (Fsp3) is 0.615. The lowest BCUT2D eigenvalue weighted by Gasteiger charge is -2.33. The molecule has 0 amide bonds. The molecular formula is C39H58FN6O9P. The van der Waals surface area contributed by atoms with Crippen molar-refractivity contribution in [3.05, 3.63) is 48.3 Å². The van der Waals surface area contributed by atoms with Crippen LogP contribution in [0, 0.1) is 18.4 Å². The topological polar surface area (TPSA) is 199 Å². The first-order valence-electron chi connectivity index (χ1n) is 19.4. The minimum Gasteiger partial charge on any atom is -0.465 e. The van der Waals surface area contributed by atoms with E-state index in [0.717, 1.165) is 64.2 Å². The molecule has 0 aliphatic heterocycles. The Kier molecular flexibility index (Phi) is 20.4. The maximum Gasteiger partial charge on any atom is 0.406 e. The van der Waals surface area contributed by atoms with Gasteiger partial charge in [0.1, 0.15) is 24.3 Å². The molecule has 56 heavy (non-hydrogen) atoms. The van der Waals surface area contributed by atoms with Gasteiger partial charge in [0, 0.05) is 7.11 Å². The number of aromatic nitrogens is 4. The fourth-order valence-electron chi connectivity index (χ4n) is 5.81. The Balaban J connectivity index is 1.81. The summed E-state index contributed by atoms with van der Waals surface area (Å²) in [6.45, 7) is 2.65. The van der Waals surface area contributed by atoms with Crippen LogP contribution in [0.3, 0.4) is 0 Å². The standard InChI is InChI=1S/C39H58FN6O9P/c1-5-8-10-12-14-19-23-52-33(48)27-54-56(50,45-31(25-30-21-17-16-18-22-30)37(49)53-24-20-15-13-11-9-6-2)55-28-39(7-3,51-4)32(47)26-46-29-42-34-35(41)43-38(40)44-36(34)46/h3,16-18,21-22,29,31-32,47H,5-6,8-15,19-20,23-28H2,1-2,4H3,(H,45,50)(H2,41,43,44)/t31-,32-,39+,56?/m0/s1. The SMILES string of the molecule is C#C[C@](COP(=O)(N[C@@H](Cc1ccccc1)C(=O)OCCCCCCCC)OCC(=O)OCCCCCCCC)(OC)[C@@H](O)Cn1cnc2c(N)nc(F)nc21. The van der Waals surface area contributed by atoms with Crippen molar-refractivity contribution in [3.63, 3.8) is 0 Å². The van der Waals surface area contributed by atoms with Gasteiger partial charge in [-0.15, -0.1) is 6.42 Å². The van der Waals surface area contributed by atoms with Crippen molar-refractivity contribution < 1.29 is 46.9 Å². The van der Waals surface area contributed by atoms with Crippen molar-refractivity contribution >= 4 is 36.7 Å². The van der Waals surface area contributed by atoms with Crippen molar-refractivity contribution in [1.29, 1.82) is 0 Å². The second-order valence-electron chi connectivity index (χ2n) is 13.5. The molecule has 2 heterocycles. The fourth-order valence-corrected chi connectivity index (χ4v) is 7.25. The molecule has 15 nitrogen and oxygen atoms in total. The summed E-state index contributed by atoms with van der Waals surface area (Å²) >= 11 is 0. The van der Waals surface area contributed by atoms with Crippen molar-refractivity contribution in [2.45, 2.75) is 122 Å². The number of carbonyl (C=O) groups is 2. The van der Waals surface area contributed by atoms with Gasteiger partial charge in [-0.05, 0) is 24.8 Å². The molecule has 0 spiro atoms. The van der Waals surface area contributed by atoms with Gasteiger partial charge in [0.2, 0.25) is 0 Å². The molecule has 0 radical (unpaired) electrons. The molecule has 0 aliphatic rings. The number of unbranched alkanes of at least 4 members (excludes halogenated alkanes) is 10. The van der Waals surface area contributed by atoms with Crippen molar-refractivity contribution in [3.8, 4) is 12.3 Å². The number of aliphatic hydroxyl groups excluding tert-OH is 1. The summed E-state index contributed by atoms with van der Waals surface area (Å²) in [6, 6.07) is 7.72. The highest BCUT2D eigenvalue weighted by molar-refractivity contribution is 7.51. The lowest BCUT2D eigenvalue weighted by molar-refractivity contribution is -0.146. The molecule has 3 aromatic rings. The zero-order valence-corrected chi connectivity index (χ0v) is 33.7. The van der Waals surface area contributed by atoms with Gasteiger partial charge in [0.25, 0.3) is 0 Å². The quantitative estimate of drug-likeness (QED) is 0.0240. The summed E-state index contributed by atoms with van der Waals surface area (Å²) in [4.78, 5) is 37.6. The first-order valence-corrected chi connectivity index (χ1v) is 20.9. The van der Waals surface area contributed by atoms with Gasteiger partial charge in [-0.25, -0.2) is 19.4 Å². The van der Waals surface area contributed by atoms with Gasteiger partial charge >= 0.3 is 25.8 Å². The maximum atomic E-state index is 14.6. The summed E-state index contributed by atoms with van der Waals surface area (Å²) in [5.74, 6) is 0.639. The number of nitrogen functional groups attached to an aromatic ring is 1. The Morgan fingerprint density at radius 1 is 0.982 bits per heavy atom. The Morgan fingerprint density at radius 3 is 2.23 bits per heavy atom. The van der Waals surface area contributed by atoms with E-state index in [2.05, 4.69) is 39.8 Å². The number of hydrogen-bond donors (Lipinski definition) is 3. The van der Waals surface area contributed by atoms with Crippen LogP contribution < -0.4 is 10.8 Å². The lowest BCUT2D eigenvalue weighted by atomic mass is 9.98. The van der Waals surface area contributed by atoms with E-state index in [9.17, 15) is 23.7 Å². The molecule has 4 atom stereocenters. The van der Waals surface area contributed by atoms with Gasteiger partial charge in [0.05, 0.1) is 26.1 Å². The van der Waals surface area contributed by atoms with Crippen LogP contribution in [-0.4, -0.2) is 87.8 Å². The zero-order valence-electron chi connectivity index (χ0n) is 32.8. The lowest BCUT2D eigenvalue weighted by Crippen LogP contribution is -2.49.